The first-order chi connectivity index (χ1) is 7.02. The number of rotatable bonds is 7. The molecule has 4 nitrogen and oxygen atoms in total. The van der Waals surface area contributed by atoms with E-state index in [0.717, 1.165) is 12.8 Å². The third-order valence-corrected chi connectivity index (χ3v) is 2.88. The van der Waals surface area contributed by atoms with Crippen LogP contribution in [0.5, 0.6) is 0 Å². The highest BCUT2D eigenvalue weighted by atomic mass is 35.5. The molecule has 0 saturated carbocycles. The fraction of sp³-hybridized carbons (Fsp3) is 0.909. The van der Waals surface area contributed by atoms with Crippen molar-refractivity contribution in [3.8, 4) is 0 Å². The normalized spacial score (nSPS) is 15.8. The van der Waals surface area contributed by atoms with Gasteiger partial charge < -0.3 is 16.2 Å². The van der Waals surface area contributed by atoms with Gasteiger partial charge in [-0.25, -0.2) is 0 Å². The zero-order valence-electron chi connectivity index (χ0n) is 10.4. The lowest BCUT2D eigenvalue weighted by atomic mass is 10.0. The number of carbonyl (C=O) groups excluding carboxylic acids is 1. The van der Waals surface area contributed by atoms with E-state index in [-0.39, 0.29) is 36.9 Å². The fourth-order valence-corrected chi connectivity index (χ4v) is 1.28. The maximum Gasteiger partial charge on any atom is 0.224 e. The molecule has 0 bridgehead atoms. The SMILES string of the molecule is CCC(CCO)CNC(=O)C(C)C(C)N.Cl. The summed E-state index contributed by atoms with van der Waals surface area (Å²) in [6.07, 6.45) is 1.71. The molecule has 0 radical (unpaired) electrons. The number of carbonyl (C=O) groups is 1. The Morgan fingerprint density at radius 3 is 2.38 bits per heavy atom. The summed E-state index contributed by atoms with van der Waals surface area (Å²) < 4.78 is 0. The molecule has 0 aromatic rings. The van der Waals surface area contributed by atoms with E-state index in [0.29, 0.717) is 12.5 Å². The van der Waals surface area contributed by atoms with Crippen molar-refractivity contribution in [2.24, 2.45) is 17.6 Å². The van der Waals surface area contributed by atoms with Gasteiger partial charge in [-0.3, -0.25) is 4.79 Å². The van der Waals surface area contributed by atoms with Crippen molar-refractivity contribution >= 4 is 18.3 Å². The highest BCUT2D eigenvalue weighted by molar-refractivity contribution is 5.85. The quantitative estimate of drug-likeness (QED) is 0.631. The van der Waals surface area contributed by atoms with E-state index in [1.165, 1.54) is 0 Å². The Morgan fingerprint density at radius 2 is 2.00 bits per heavy atom. The zero-order chi connectivity index (χ0) is 11.8. The minimum Gasteiger partial charge on any atom is -0.396 e. The standard InChI is InChI=1S/C11H24N2O2.ClH/c1-4-10(5-6-14)7-13-11(15)8(2)9(3)12;/h8-10,14H,4-7,12H2,1-3H3,(H,13,15);1H. The third-order valence-electron chi connectivity index (χ3n) is 2.88. The van der Waals surface area contributed by atoms with Crippen molar-refractivity contribution in [3.63, 3.8) is 0 Å². The van der Waals surface area contributed by atoms with Crippen LogP contribution >= 0.6 is 12.4 Å². The molecule has 0 aromatic heterocycles. The van der Waals surface area contributed by atoms with Crippen molar-refractivity contribution in [1.82, 2.24) is 5.32 Å². The molecule has 0 aliphatic heterocycles. The van der Waals surface area contributed by atoms with Gasteiger partial charge in [-0.15, -0.1) is 12.4 Å². The van der Waals surface area contributed by atoms with Crippen LogP contribution in [-0.4, -0.2) is 30.2 Å². The second kappa shape index (κ2) is 9.87. The van der Waals surface area contributed by atoms with Crippen molar-refractivity contribution in [1.29, 1.82) is 0 Å². The van der Waals surface area contributed by atoms with Crippen molar-refractivity contribution in [2.45, 2.75) is 39.7 Å². The molecule has 0 aromatic carbocycles. The van der Waals surface area contributed by atoms with Crippen molar-refractivity contribution in [2.75, 3.05) is 13.2 Å². The first kappa shape index (κ1) is 18.1. The molecule has 0 saturated heterocycles. The second-order valence-corrected chi connectivity index (χ2v) is 4.18. The van der Waals surface area contributed by atoms with Gasteiger partial charge in [-0.05, 0) is 19.3 Å². The van der Waals surface area contributed by atoms with E-state index in [2.05, 4.69) is 12.2 Å². The molecule has 3 unspecified atom stereocenters. The van der Waals surface area contributed by atoms with Crippen LogP contribution in [-0.2, 0) is 4.79 Å². The van der Waals surface area contributed by atoms with E-state index in [1.807, 2.05) is 13.8 Å². The van der Waals surface area contributed by atoms with Gasteiger partial charge >= 0.3 is 0 Å². The van der Waals surface area contributed by atoms with Crippen molar-refractivity contribution < 1.29 is 9.90 Å². The number of hydrogen-bond acceptors (Lipinski definition) is 3. The topological polar surface area (TPSA) is 75.3 Å². The summed E-state index contributed by atoms with van der Waals surface area (Å²) >= 11 is 0. The summed E-state index contributed by atoms with van der Waals surface area (Å²) in [5, 5.41) is 11.7. The molecule has 3 atom stereocenters. The van der Waals surface area contributed by atoms with E-state index in [4.69, 9.17) is 10.8 Å². The van der Waals surface area contributed by atoms with Crippen LogP contribution < -0.4 is 11.1 Å². The summed E-state index contributed by atoms with van der Waals surface area (Å²) in [4.78, 5) is 11.6. The molecule has 0 aliphatic rings. The molecule has 0 fully saturated rings. The van der Waals surface area contributed by atoms with Gasteiger partial charge in [-0.2, -0.15) is 0 Å². The van der Waals surface area contributed by atoms with Crippen LogP contribution in [0.2, 0.25) is 0 Å². The Balaban J connectivity index is 0. The Labute approximate surface area is 104 Å². The largest absolute Gasteiger partial charge is 0.396 e. The highest BCUT2D eigenvalue weighted by Gasteiger charge is 2.17. The van der Waals surface area contributed by atoms with E-state index in [9.17, 15) is 4.79 Å². The van der Waals surface area contributed by atoms with Crippen LogP contribution in [0, 0.1) is 11.8 Å². The summed E-state index contributed by atoms with van der Waals surface area (Å²) in [6, 6.07) is -0.122. The third kappa shape index (κ3) is 7.04. The maximum atomic E-state index is 11.6. The molecule has 5 heteroatoms. The molecule has 0 heterocycles. The second-order valence-electron chi connectivity index (χ2n) is 4.18. The summed E-state index contributed by atoms with van der Waals surface area (Å²) in [7, 11) is 0. The number of nitrogens with two attached hydrogens (primary N) is 1. The van der Waals surface area contributed by atoms with Crippen LogP contribution in [0.1, 0.15) is 33.6 Å². The smallest absolute Gasteiger partial charge is 0.224 e. The number of amides is 1. The molecule has 0 aliphatic carbocycles. The first-order valence-electron chi connectivity index (χ1n) is 5.67. The fourth-order valence-electron chi connectivity index (χ4n) is 1.28. The number of aliphatic hydroxyl groups is 1. The molecule has 16 heavy (non-hydrogen) atoms. The van der Waals surface area contributed by atoms with Crippen LogP contribution in [0.15, 0.2) is 0 Å². The van der Waals surface area contributed by atoms with Gasteiger partial charge in [0.1, 0.15) is 0 Å². The molecular weight excluding hydrogens is 228 g/mol. The van der Waals surface area contributed by atoms with Crippen LogP contribution in [0.4, 0.5) is 0 Å². The lowest BCUT2D eigenvalue weighted by Crippen LogP contribution is -2.40. The number of halogens is 1. The minimum atomic E-state index is -0.156. The Morgan fingerprint density at radius 1 is 1.44 bits per heavy atom. The maximum absolute atomic E-state index is 11.6. The van der Waals surface area contributed by atoms with Gasteiger partial charge in [0.05, 0.1) is 0 Å². The molecular formula is C11H25ClN2O2. The average molecular weight is 253 g/mol. The predicted molar refractivity (Wildman–Crippen MR) is 68.6 cm³/mol. The zero-order valence-corrected chi connectivity index (χ0v) is 11.2. The molecule has 4 N–H and O–H groups in total. The van der Waals surface area contributed by atoms with Crippen LogP contribution in [0.3, 0.4) is 0 Å². The predicted octanol–water partition coefficient (Wildman–Crippen LogP) is 0.916. The molecule has 0 rings (SSSR count). The first-order valence-corrected chi connectivity index (χ1v) is 5.67. The Bertz CT molecular complexity index is 189. The van der Waals surface area contributed by atoms with Crippen LogP contribution in [0.25, 0.3) is 0 Å². The highest BCUT2D eigenvalue weighted by Crippen LogP contribution is 2.06. The lowest BCUT2D eigenvalue weighted by molar-refractivity contribution is -0.125. The van der Waals surface area contributed by atoms with E-state index < -0.39 is 0 Å². The Kier molecular flexibility index (Phi) is 11.1. The lowest BCUT2D eigenvalue weighted by Gasteiger charge is -2.18. The van der Waals surface area contributed by atoms with Gasteiger partial charge in [0, 0.05) is 25.1 Å². The summed E-state index contributed by atoms with van der Waals surface area (Å²) in [5.41, 5.74) is 5.63. The van der Waals surface area contributed by atoms with Gasteiger partial charge in [0.2, 0.25) is 5.91 Å². The monoisotopic (exact) mass is 252 g/mol. The van der Waals surface area contributed by atoms with E-state index in [1.54, 1.807) is 0 Å². The van der Waals surface area contributed by atoms with Gasteiger partial charge in [0.25, 0.3) is 0 Å². The average Bonchev–Trinajstić information content (AvgIpc) is 2.22. The number of aliphatic hydroxyl groups excluding tert-OH is 1. The molecule has 0 spiro atoms. The molecule has 98 valence electrons. The molecule has 1 amide bonds. The summed E-state index contributed by atoms with van der Waals surface area (Å²) in [5.74, 6) is 0.206. The number of nitrogens with one attached hydrogen (secondary N) is 1. The van der Waals surface area contributed by atoms with Gasteiger partial charge in [0.15, 0.2) is 0 Å². The van der Waals surface area contributed by atoms with Gasteiger partial charge in [-0.1, -0.05) is 20.3 Å². The van der Waals surface area contributed by atoms with E-state index >= 15 is 0 Å². The summed E-state index contributed by atoms with van der Waals surface area (Å²) in [6.45, 7) is 6.52. The number of hydrogen-bond donors (Lipinski definition) is 3. The minimum absolute atomic E-state index is 0. The Hall–Kier alpha value is -0.320. The van der Waals surface area contributed by atoms with Crippen molar-refractivity contribution in [3.05, 3.63) is 0 Å².